The Balaban J connectivity index is 1.40. The lowest BCUT2D eigenvalue weighted by atomic mass is 10.1. The first-order valence-electron chi connectivity index (χ1n) is 6.55. The van der Waals surface area contributed by atoms with E-state index in [-0.39, 0.29) is 0 Å². The van der Waals surface area contributed by atoms with Crippen molar-refractivity contribution in [2.75, 3.05) is 19.8 Å². The lowest BCUT2D eigenvalue weighted by Gasteiger charge is -2.22. The van der Waals surface area contributed by atoms with E-state index in [1.807, 2.05) is 0 Å². The van der Waals surface area contributed by atoms with Crippen LogP contribution >= 0.6 is 0 Å². The van der Waals surface area contributed by atoms with Crippen LogP contribution in [-0.4, -0.2) is 35.9 Å². The SMILES string of the molecule is C1COCC(NCCc2nc(C3CC3)no2)C1. The second-order valence-corrected chi connectivity index (χ2v) is 4.94. The number of hydrogen-bond donors (Lipinski definition) is 1. The number of nitrogens with zero attached hydrogens (tertiary/aromatic N) is 2. The fourth-order valence-electron chi connectivity index (χ4n) is 2.16. The Morgan fingerprint density at radius 2 is 2.24 bits per heavy atom. The van der Waals surface area contributed by atoms with E-state index in [9.17, 15) is 0 Å². The highest BCUT2D eigenvalue weighted by atomic mass is 16.5. The highest BCUT2D eigenvalue weighted by Crippen LogP contribution is 2.38. The van der Waals surface area contributed by atoms with Gasteiger partial charge in [-0.1, -0.05) is 5.16 Å². The minimum absolute atomic E-state index is 0.495. The van der Waals surface area contributed by atoms with Gasteiger partial charge in [0, 0.05) is 31.5 Å². The summed E-state index contributed by atoms with van der Waals surface area (Å²) >= 11 is 0. The molecule has 5 heteroatoms. The zero-order chi connectivity index (χ0) is 11.5. The third-order valence-corrected chi connectivity index (χ3v) is 3.36. The van der Waals surface area contributed by atoms with Crippen LogP contribution in [0.25, 0.3) is 0 Å². The maximum absolute atomic E-state index is 5.41. The molecule has 1 aromatic rings. The summed E-state index contributed by atoms with van der Waals surface area (Å²) in [6, 6.07) is 0.495. The molecule has 0 amide bonds. The first-order valence-corrected chi connectivity index (χ1v) is 6.55. The number of aromatic nitrogens is 2. The summed E-state index contributed by atoms with van der Waals surface area (Å²) in [7, 11) is 0. The molecule has 17 heavy (non-hydrogen) atoms. The van der Waals surface area contributed by atoms with Crippen LogP contribution in [0.5, 0.6) is 0 Å². The Kier molecular flexibility index (Phi) is 3.38. The lowest BCUT2D eigenvalue weighted by molar-refractivity contribution is 0.0705. The van der Waals surface area contributed by atoms with Crippen LogP contribution in [0.4, 0.5) is 0 Å². The molecular weight excluding hydrogens is 218 g/mol. The zero-order valence-electron chi connectivity index (χ0n) is 10.0. The van der Waals surface area contributed by atoms with Gasteiger partial charge in [-0.2, -0.15) is 4.98 Å². The van der Waals surface area contributed by atoms with Crippen molar-refractivity contribution in [2.24, 2.45) is 0 Å². The van der Waals surface area contributed by atoms with Gasteiger partial charge in [0.05, 0.1) is 6.61 Å². The molecule has 1 unspecified atom stereocenters. The topological polar surface area (TPSA) is 60.2 Å². The number of hydrogen-bond acceptors (Lipinski definition) is 5. The van der Waals surface area contributed by atoms with Crippen LogP contribution in [-0.2, 0) is 11.2 Å². The van der Waals surface area contributed by atoms with Crippen molar-refractivity contribution in [3.8, 4) is 0 Å². The molecule has 2 fully saturated rings. The molecule has 1 atom stereocenters. The average Bonchev–Trinajstić information content (AvgIpc) is 3.11. The maximum atomic E-state index is 5.41. The van der Waals surface area contributed by atoms with Crippen molar-refractivity contribution >= 4 is 0 Å². The van der Waals surface area contributed by atoms with Gasteiger partial charge in [0.15, 0.2) is 5.82 Å². The Morgan fingerprint density at radius 3 is 3.00 bits per heavy atom. The molecule has 1 saturated heterocycles. The summed E-state index contributed by atoms with van der Waals surface area (Å²) in [5.41, 5.74) is 0. The summed E-state index contributed by atoms with van der Waals surface area (Å²) in [6.45, 7) is 2.63. The summed E-state index contributed by atoms with van der Waals surface area (Å²) in [6.07, 6.45) is 5.62. The Bertz CT molecular complexity index is 356. The molecule has 2 heterocycles. The van der Waals surface area contributed by atoms with Gasteiger partial charge < -0.3 is 14.6 Å². The van der Waals surface area contributed by atoms with Crippen molar-refractivity contribution in [3.63, 3.8) is 0 Å². The lowest BCUT2D eigenvalue weighted by Crippen LogP contribution is -2.37. The normalized spacial score (nSPS) is 25.1. The minimum atomic E-state index is 0.495. The van der Waals surface area contributed by atoms with E-state index in [1.54, 1.807) is 0 Å². The number of ether oxygens (including phenoxy) is 1. The smallest absolute Gasteiger partial charge is 0.227 e. The van der Waals surface area contributed by atoms with Gasteiger partial charge in [0.1, 0.15) is 0 Å². The minimum Gasteiger partial charge on any atom is -0.380 e. The van der Waals surface area contributed by atoms with Crippen LogP contribution in [0.3, 0.4) is 0 Å². The molecule has 0 aromatic carbocycles. The number of rotatable bonds is 5. The molecule has 1 aliphatic carbocycles. The van der Waals surface area contributed by atoms with E-state index >= 15 is 0 Å². The van der Waals surface area contributed by atoms with Crippen molar-refractivity contribution in [3.05, 3.63) is 11.7 Å². The van der Waals surface area contributed by atoms with E-state index < -0.39 is 0 Å². The van der Waals surface area contributed by atoms with Gasteiger partial charge in [0.25, 0.3) is 0 Å². The van der Waals surface area contributed by atoms with E-state index in [0.717, 1.165) is 44.3 Å². The van der Waals surface area contributed by atoms with Crippen molar-refractivity contribution < 1.29 is 9.26 Å². The number of nitrogens with one attached hydrogen (secondary N) is 1. The fraction of sp³-hybridized carbons (Fsp3) is 0.833. The van der Waals surface area contributed by atoms with Gasteiger partial charge in [-0.25, -0.2) is 0 Å². The van der Waals surface area contributed by atoms with Crippen LogP contribution in [0.1, 0.15) is 43.3 Å². The molecule has 0 spiro atoms. The van der Waals surface area contributed by atoms with Crippen molar-refractivity contribution in [1.82, 2.24) is 15.5 Å². The standard InChI is InChI=1S/C12H19N3O2/c1-2-10(8-16-7-1)13-6-5-11-14-12(15-17-11)9-3-4-9/h9-10,13H,1-8H2. The van der Waals surface area contributed by atoms with Crippen molar-refractivity contribution in [2.45, 2.75) is 44.1 Å². The third-order valence-electron chi connectivity index (χ3n) is 3.36. The quantitative estimate of drug-likeness (QED) is 0.835. The summed E-state index contributed by atoms with van der Waals surface area (Å²) in [5, 5.41) is 7.48. The predicted octanol–water partition coefficient (Wildman–Crippen LogP) is 1.26. The second-order valence-electron chi connectivity index (χ2n) is 4.94. The van der Waals surface area contributed by atoms with Gasteiger partial charge in [-0.05, 0) is 25.7 Å². The van der Waals surface area contributed by atoms with Gasteiger partial charge in [0.2, 0.25) is 5.89 Å². The predicted molar refractivity (Wildman–Crippen MR) is 61.8 cm³/mol. The molecule has 1 aliphatic heterocycles. The summed E-state index contributed by atoms with van der Waals surface area (Å²) in [4.78, 5) is 4.41. The highest BCUT2D eigenvalue weighted by Gasteiger charge is 2.28. The molecular formula is C12H19N3O2. The van der Waals surface area contributed by atoms with E-state index in [1.165, 1.54) is 19.3 Å². The summed E-state index contributed by atoms with van der Waals surface area (Å²) < 4.78 is 10.6. The molecule has 1 N–H and O–H groups in total. The van der Waals surface area contributed by atoms with Gasteiger partial charge in [-0.3, -0.25) is 0 Å². The molecule has 5 nitrogen and oxygen atoms in total. The van der Waals surface area contributed by atoms with Crippen LogP contribution in [0.2, 0.25) is 0 Å². The molecule has 0 bridgehead atoms. The van der Waals surface area contributed by atoms with E-state index in [0.29, 0.717) is 12.0 Å². The molecule has 1 aromatic heterocycles. The summed E-state index contributed by atoms with van der Waals surface area (Å²) in [5.74, 6) is 2.24. The first kappa shape index (κ1) is 11.2. The maximum Gasteiger partial charge on any atom is 0.227 e. The fourth-order valence-corrected chi connectivity index (χ4v) is 2.16. The van der Waals surface area contributed by atoms with Crippen LogP contribution in [0, 0.1) is 0 Å². The Morgan fingerprint density at radius 1 is 1.29 bits per heavy atom. The van der Waals surface area contributed by atoms with Gasteiger partial charge >= 0.3 is 0 Å². The largest absolute Gasteiger partial charge is 0.380 e. The molecule has 94 valence electrons. The molecule has 3 rings (SSSR count). The van der Waals surface area contributed by atoms with Crippen LogP contribution < -0.4 is 5.32 Å². The molecule has 0 radical (unpaired) electrons. The second kappa shape index (κ2) is 5.14. The highest BCUT2D eigenvalue weighted by molar-refractivity contribution is 5.03. The van der Waals surface area contributed by atoms with E-state index in [4.69, 9.17) is 9.26 Å². The average molecular weight is 237 g/mol. The molecule has 2 aliphatic rings. The van der Waals surface area contributed by atoms with Crippen LogP contribution in [0.15, 0.2) is 4.52 Å². The van der Waals surface area contributed by atoms with Gasteiger partial charge in [-0.15, -0.1) is 0 Å². The Labute approximate surface area is 101 Å². The first-order chi connectivity index (χ1) is 8.42. The monoisotopic (exact) mass is 237 g/mol. The van der Waals surface area contributed by atoms with E-state index in [2.05, 4.69) is 15.5 Å². The van der Waals surface area contributed by atoms with Crippen molar-refractivity contribution in [1.29, 1.82) is 0 Å². The molecule has 1 saturated carbocycles. The Hall–Kier alpha value is -0.940. The third kappa shape index (κ3) is 3.04. The zero-order valence-corrected chi connectivity index (χ0v) is 10.0.